The molecule has 2 aromatic carbocycles. The fourth-order valence-corrected chi connectivity index (χ4v) is 3.63. The van der Waals surface area contributed by atoms with Crippen LogP contribution in [0.25, 0.3) is 6.08 Å². The van der Waals surface area contributed by atoms with Crippen molar-refractivity contribution in [2.75, 3.05) is 19.7 Å². The quantitative estimate of drug-likeness (QED) is 0.748. The monoisotopic (exact) mass is 394 g/mol. The standard InChI is InChI=1S/C23H23ClN2O2/c1-16-15-28-22(25-16)19-4-2-17(3-5-19)14-18-10-12-26(13-11-18)23(27)20-6-8-21(24)9-7-20/h2-9,14,16H,10-13,15H2,1H3/t16-/m1/s1. The number of carbonyl (C=O) groups is 1. The van der Waals surface area contributed by atoms with E-state index in [0.717, 1.165) is 37.4 Å². The fraction of sp³-hybridized carbons (Fsp3) is 0.304. The van der Waals surface area contributed by atoms with Crippen LogP contribution >= 0.6 is 11.6 Å². The minimum atomic E-state index is 0.0756. The topological polar surface area (TPSA) is 41.9 Å². The summed E-state index contributed by atoms with van der Waals surface area (Å²) in [5.74, 6) is 0.812. The number of nitrogens with zero attached hydrogens (tertiary/aromatic N) is 2. The van der Waals surface area contributed by atoms with Gasteiger partial charge in [-0.2, -0.15) is 0 Å². The van der Waals surface area contributed by atoms with Gasteiger partial charge in [-0.25, -0.2) is 4.99 Å². The summed E-state index contributed by atoms with van der Waals surface area (Å²) < 4.78 is 5.61. The van der Waals surface area contributed by atoms with E-state index in [-0.39, 0.29) is 11.9 Å². The number of aliphatic imine (C=N–C) groups is 1. The third kappa shape index (κ3) is 4.28. The third-order valence-electron chi connectivity index (χ3n) is 5.11. The summed E-state index contributed by atoms with van der Waals surface area (Å²) in [6.45, 7) is 4.20. The summed E-state index contributed by atoms with van der Waals surface area (Å²) in [6, 6.07) is 15.6. The first-order chi connectivity index (χ1) is 13.6. The predicted octanol–water partition coefficient (Wildman–Crippen LogP) is 4.82. The van der Waals surface area contributed by atoms with Crippen LogP contribution in [0.5, 0.6) is 0 Å². The van der Waals surface area contributed by atoms with Crippen LogP contribution in [0.1, 0.15) is 41.3 Å². The summed E-state index contributed by atoms with van der Waals surface area (Å²) in [4.78, 5) is 19.0. The number of carbonyl (C=O) groups excluding carboxylic acids is 1. The molecule has 2 aliphatic heterocycles. The van der Waals surface area contributed by atoms with E-state index in [1.165, 1.54) is 11.1 Å². The Morgan fingerprint density at radius 2 is 1.79 bits per heavy atom. The maximum absolute atomic E-state index is 12.6. The molecule has 1 atom stereocenters. The van der Waals surface area contributed by atoms with Gasteiger partial charge in [0.05, 0.1) is 6.04 Å². The zero-order valence-corrected chi connectivity index (χ0v) is 16.7. The van der Waals surface area contributed by atoms with Crippen LogP contribution in [0, 0.1) is 0 Å². The zero-order valence-electron chi connectivity index (χ0n) is 15.9. The van der Waals surface area contributed by atoms with Crippen molar-refractivity contribution >= 4 is 29.5 Å². The number of rotatable bonds is 3. The Morgan fingerprint density at radius 3 is 2.39 bits per heavy atom. The molecule has 5 heteroatoms. The maximum atomic E-state index is 12.6. The van der Waals surface area contributed by atoms with Gasteiger partial charge in [0.25, 0.3) is 5.91 Å². The average molecular weight is 395 g/mol. The summed E-state index contributed by atoms with van der Waals surface area (Å²) in [5, 5.41) is 0.646. The van der Waals surface area contributed by atoms with Crippen molar-refractivity contribution in [3.8, 4) is 0 Å². The molecule has 144 valence electrons. The number of benzene rings is 2. The molecular formula is C23H23ClN2O2. The molecule has 28 heavy (non-hydrogen) atoms. The smallest absolute Gasteiger partial charge is 0.253 e. The van der Waals surface area contributed by atoms with Gasteiger partial charge in [0, 0.05) is 29.2 Å². The van der Waals surface area contributed by atoms with Crippen LogP contribution in [0.15, 0.2) is 59.1 Å². The molecule has 1 saturated heterocycles. The fourth-order valence-electron chi connectivity index (χ4n) is 3.51. The molecule has 4 rings (SSSR count). The van der Waals surface area contributed by atoms with Gasteiger partial charge in [-0.3, -0.25) is 4.79 Å². The second-order valence-corrected chi connectivity index (χ2v) is 7.75. The lowest BCUT2D eigenvalue weighted by Crippen LogP contribution is -2.36. The molecule has 2 aromatic rings. The van der Waals surface area contributed by atoms with Gasteiger partial charge < -0.3 is 9.64 Å². The van der Waals surface area contributed by atoms with E-state index in [2.05, 4.69) is 42.3 Å². The number of hydrogen-bond donors (Lipinski definition) is 0. The van der Waals surface area contributed by atoms with Gasteiger partial charge in [-0.15, -0.1) is 0 Å². The highest BCUT2D eigenvalue weighted by Gasteiger charge is 2.20. The number of piperidine rings is 1. The second-order valence-electron chi connectivity index (χ2n) is 7.32. The summed E-state index contributed by atoms with van der Waals surface area (Å²) >= 11 is 5.91. The highest BCUT2D eigenvalue weighted by Crippen LogP contribution is 2.22. The van der Waals surface area contributed by atoms with E-state index in [0.29, 0.717) is 17.2 Å². The lowest BCUT2D eigenvalue weighted by atomic mass is 9.99. The molecule has 4 nitrogen and oxygen atoms in total. The van der Waals surface area contributed by atoms with E-state index >= 15 is 0 Å². The predicted molar refractivity (Wildman–Crippen MR) is 113 cm³/mol. The molecule has 2 aliphatic rings. The van der Waals surface area contributed by atoms with Crippen molar-refractivity contribution in [1.29, 1.82) is 0 Å². The van der Waals surface area contributed by atoms with E-state index in [1.807, 2.05) is 4.90 Å². The molecule has 0 radical (unpaired) electrons. The third-order valence-corrected chi connectivity index (χ3v) is 5.36. The summed E-state index contributed by atoms with van der Waals surface area (Å²) in [6.07, 6.45) is 4.02. The van der Waals surface area contributed by atoms with Gasteiger partial charge in [0.2, 0.25) is 5.90 Å². The maximum Gasteiger partial charge on any atom is 0.253 e. The molecule has 0 saturated carbocycles. The van der Waals surface area contributed by atoms with Crippen molar-refractivity contribution in [3.63, 3.8) is 0 Å². The Bertz CT molecular complexity index is 907. The summed E-state index contributed by atoms with van der Waals surface area (Å²) in [7, 11) is 0. The number of hydrogen-bond acceptors (Lipinski definition) is 3. The van der Waals surface area contributed by atoms with Crippen molar-refractivity contribution < 1.29 is 9.53 Å². The molecule has 0 aliphatic carbocycles. The minimum absolute atomic E-state index is 0.0756. The van der Waals surface area contributed by atoms with E-state index in [1.54, 1.807) is 24.3 Å². The first-order valence-corrected chi connectivity index (χ1v) is 10.0. The normalized spacial score (nSPS) is 19.2. The van der Waals surface area contributed by atoms with E-state index in [9.17, 15) is 4.79 Å². The Morgan fingerprint density at radius 1 is 1.11 bits per heavy atom. The van der Waals surface area contributed by atoms with Crippen molar-refractivity contribution in [3.05, 3.63) is 75.8 Å². The Hall–Kier alpha value is -2.59. The van der Waals surface area contributed by atoms with Crippen LogP contribution in [0.2, 0.25) is 5.02 Å². The Kier molecular flexibility index (Phi) is 5.49. The molecule has 0 unspecified atom stereocenters. The molecule has 0 bridgehead atoms. The first-order valence-electron chi connectivity index (χ1n) is 9.64. The number of ether oxygens (including phenoxy) is 1. The van der Waals surface area contributed by atoms with Crippen LogP contribution in [0.4, 0.5) is 0 Å². The highest BCUT2D eigenvalue weighted by atomic mass is 35.5. The molecular weight excluding hydrogens is 372 g/mol. The number of halogens is 1. The number of likely N-dealkylation sites (tertiary alicyclic amines) is 1. The van der Waals surface area contributed by atoms with Crippen LogP contribution in [-0.4, -0.2) is 42.4 Å². The molecule has 0 aromatic heterocycles. The van der Waals surface area contributed by atoms with Crippen LogP contribution in [-0.2, 0) is 4.74 Å². The highest BCUT2D eigenvalue weighted by molar-refractivity contribution is 6.30. The lowest BCUT2D eigenvalue weighted by Gasteiger charge is -2.28. The SMILES string of the molecule is C[C@@H]1COC(c2ccc(C=C3CCN(C(=O)c4ccc(Cl)cc4)CC3)cc2)=N1. The largest absolute Gasteiger partial charge is 0.475 e. The minimum Gasteiger partial charge on any atom is -0.475 e. The van der Waals surface area contributed by atoms with Gasteiger partial charge in [0.15, 0.2) is 0 Å². The molecule has 2 heterocycles. The lowest BCUT2D eigenvalue weighted by molar-refractivity contribution is 0.0744. The average Bonchev–Trinajstić information content (AvgIpc) is 3.15. The molecule has 0 N–H and O–H groups in total. The van der Waals surface area contributed by atoms with Crippen LogP contribution < -0.4 is 0 Å². The van der Waals surface area contributed by atoms with E-state index in [4.69, 9.17) is 16.3 Å². The van der Waals surface area contributed by atoms with Crippen molar-refractivity contribution in [1.82, 2.24) is 4.90 Å². The van der Waals surface area contributed by atoms with Gasteiger partial charge in [-0.05, 0) is 61.7 Å². The zero-order chi connectivity index (χ0) is 19.5. The molecule has 0 spiro atoms. The van der Waals surface area contributed by atoms with Gasteiger partial charge >= 0.3 is 0 Å². The van der Waals surface area contributed by atoms with Gasteiger partial charge in [-0.1, -0.05) is 35.4 Å². The van der Waals surface area contributed by atoms with E-state index < -0.39 is 0 Å². The van der Waals surface area contributed by atoms with Crippen molar-refractivity contribution in [2.45, 2.75) is 25.8 Å². The van der Waals surface area contributed by atoms with Crippen molar-refractivity contribution in [2.24, 2.45) is 4.99 Å². The Balaban J connectivity index is 1.37. The second kappa shape index (κ2) is 8.19. The molecule has 1 fully saturated rings. The Labute approximate surface area is 170 Å². The first kappa shape index (κ1) is 18.8. The van der Waals surface area contributed by atoms with Gasteiger partial charge in [0.1, 0.15) is 6.61 Å². The molecule has 1 amide bonds. The summed E-state index contributed by atoms with van der Waals surface area (Å²) in [5.41, 5.74) is 4.26. The number of amides is 1. The van der Waals surface area contributed by atoms with Crippen LogP contribution in [0.3, 0.4) is 0 Å².